The summed E-state index contributed by atoms with van der Waals surface area (Å²) in [5.74, 6) is -3.00. The van der Waals surface area contributed by atoms with E-state index in [1.165, 1.54) is 12.1 Å². The van der Waals surface area contributed by atoms with Crippen molar-refractivity contribution in [3.63, 3.8) is 0 Å². The van der Waals surface area contributed by atoms with Crippen molar-refractivity contribution in [1.29, 1.82) is 0 Å². The lowest BCUT2D eigenvalue weighted by Gasteiger charge is -2.39. The molecule has 1 aliphatic rings. The summed E-state index contributed by atoms with van der Waals surface area (Å²) in [5, 5.41) is 3.08. The SMILES string of the molecule is CC1(c2ccc(F)cc2)CC(F)(F)CCN1.Cl. The Morgan fingerprint density at radius 3 is 2.29 bits per heavy atom. The van der Waals surface area contributed by atoms with Crippen molar-refractivity contribution in [1.82, 2.24) is 5.32 Å². The first-order chi connectivity index (χ1) is 7.41. The Labute approximate surface area is 105 Å². The Bertz CT molecular complexity index is 380. The van der Waals surface area contributed by atoms with Gasteiger partial charge in [0.05, 0.1) is 0 Å². The van der Waals surface area contributed by atoms with Crippen molar-refractivity contribution in [2.24, 2.45) is 0 Å². The molecule has 1 fully saturated rings. The number of rotatable bonds is 1. The average Bonchev–Trinajstić information content (AvgIpc) is 2.16. The lowest BCUT2D eigenvalue weighted by Crippen LogP contribution is -2.50. The standard InChI is InChI=1S/C12H14F3N.ClH/c1-11(8-12(14,15)6-7-16-11)9-2-4-10(13)5-3-9;/h2-5,16H,6-8H2,1H3;1H. The molecule has 96 valence electrons. The van der Waals surface area contributed by atoms with Crippen LogP contribution in [-0.4, -0.2) is 12.5 Å². The van der Waals surface area contributed by atoms with Crippen molar-refractivity contribution < 1.29 is 13.2 Å². The number of hydrogen-bond acceptors (Lipinski definition) is 1. The second-order valence-electron chi connectivity index (χ2n) is 4.55. The molecule has 1 aromatic carbocycles. The second-order valence-corrected chi connectivity index (χ2v) is 4.55. The predicted molar refractivity (Wildman–Crippen MR) is 63.2 cm³/mol. The van der Waals surface area contributed by atoms with Crippen LogP contribution in [0, 0.1) is 5.82 Å². The van der Waals surface area contributed by atoms with Crippen LogP contribution in [0.25, 0.3) is 0 Å². The first kappa shape index (κ1) is 14.3. The van der Waals surface area contributed by atoms with Gasteiger partial charge in [0, 0.05) is 24.9 Å². The zero-order valence-corrected chi connectivity index (χ0v) is 10.3. The van der Waals surface area contributed by atoms with Crippen LogP contribution in [0.15, 0.2) is 24.3 Å². The molecule has 1 nitrogen and oxygen atoms in total. The fourth-order valence-electron chi connectivity index (χ4n) is 2.21. The molecule has 1 saturated heterocycles. The molecule has 17 heavy (non-hydrogen) atoms. The van der Waals surface area contributed by atoms with Gasteiger partial charge in [0.1, 0.15) is 5.82 Å². The summed E-state index contributed by atoms with van der Waals surface area (Å²) in [6.45, 7) is 2.01. The van der Waals surface area contributed by atoms with Crippen LogP contribution in [0.3, 0.4) is 0 Å². The summed E-state index contributed by atoms with van der Waals surface area (Å²) in [6, 6.07) is 5.72. The third-order valence-corrected chi connectivity index (χ3v) is 3.10. The molecule has 0 aromatic heterocycles. The van der Waals surface area contributed by atoms with Gasteiger partial charge in [-0.25, -0.2) is 13.2 Å². The van der Waals surface area contributed by atoms with Gasteiger partial charge in [-0.1, -0.05) is 12.1 Å². The summed E-state index contributed by atoms with van der Waals surface area (Å²) >= 11 is 0. The van der Waals surface area contributed by atoms with Crippen LogP contribution < -0.4 is 5.32 Å². The van der Waals surface area contributed by atoms with Gasteiger partial charge in [0.15, 0.2) is 0 Å². The van der Waals surface area contributed by atoms with E-state index in [1.807, 2.05) is 0 Å². The zero-order chi connectivity index (χ0) is 11.8. The van der Waals surface area contributed by atoms with E-state index in [-0.39, 0.29) is 37.6 Å². The lowest BCUT2D eigenvalue weighted by atomic mass is 9.82. The minimum Gasteiger partial charge on any atom is -0.307 e. The van der Waals surface area contributed by atoms with Gasteiger partial charge in [0.25, 0.3) is 5.92 Å². The van der Waals surface area contributed by atoms with E-state index >= 15 is 0 Å². The van der Waals surface area contributed by atoms with Gasteiger partial charge < -0.3 is 5.32 Å². The highest BCUT2D eigenvalue weighted by molar-refractivity contribution is 5.85. The summed E-state index contributed by atoms with van der Waals surface area (Å²) in [5.41, 5.74) is -0.0663. The van der Waals surface area contributed by atoms with Crippen molar-refractivity contribution in [3.05, 3.63) is 35.6 Å². The summed E-state index contributed by atoms with van der Waals surface area (Å²) in [4.78, 5) is 0. The molecule has 5 heteroatoms. The molecule has 2 rings (SSSR count). The molecule has 0 spiro atoms. The summed E-state index contributed by atoms with van der Waals surface area (Å²) in [6.07, 6.45) is -0.380. The average molecular weight is 266 g/mol. The minimum absolute atomic E-state index is 0. The van der Waals surface area contributed by atoms with Crippen molar-refractivity contribution in [2.75, 3.05) is 6.54 Å². The molecular formula is C12H15ClF3N. The number of halogens is 4. The molecular weight excluding hydrogens is 251 g/mol. The third-order valence-electron chi connectivity index (χ3n) is 3.10. The van der Waals surface area contributed by atoms with Gasteiger partial charge in [-0.2, -0.15) is 0 Å². The lowest BCUT2D eigenvalue weighted by molar-refractivity contribution is -0.0611. The Kier molecular flexibility index (Phi) is 4.10. The smallest absolute Gasteiger partial charge is 0.251 e. The zero-order valence-electron chi connectivity index (χ0n) is 9.47. The van der Waals surface area contributed by atoms with E-state index in [0.29, 0.717) is 5.56 Å². The van der Waals surface area contributed by atoms with Crippen LogP contribution >= 0.6 is 12.4 Å². The number of nitrogens with one attached hydrogen (secondary N) is 1. The molecule has 0 saturated carbocycles. The third kappa shape index (κ3) is 3.13. The first-order valence-electron chi connectivity index (χ1n) is 5.30. The van der Waals surface area contributed by atoms with E-state index in [9.17, 15) is 13.2 Å². The first-order valence-corrected chi connectivity index (χ1v) is 5.30. The molecule has 0 amide bonds. The van der Waals surface area contributed by atoms with E-state index in [1.54, 1.807) is 19.1 Å². The van der Waals surface area contributed by atoms with Crippen LogP contribution in [0.2, 0.25) is 0 Å². The van der Waals surface area contributed by atoms with Crippen LogP contribution in [-0.2, 0) is 5.54 Å². The van der Waals surface area contributed by atoms with Gasteiger partial charge in [-0.3, -0.25) is 0 Å². The molecule has 0 radical (unpaired) electrons. The maximum Gasteiger partial charge on any atom is 0.251 e. The van der Waals surface area contributed by atoms with E-state index < -0.39 is 11.5 Å². The molecule has 1 aliphatic heterocycles. The monoisotopic (exact) mass is 265 g/mol. The molecule has 1 heterocycles. The van der Waals surface area contributed by atoms with Gasteiger partial charge in [0.2, 0.25) is 0 Å². The summed E-state index contributed by atoms with van der Waals surface area (Å²) < 4.78 is 39.5. The minimum atomic E-state index is -2.64. The molecule has 1 aromatic rings. The van der Waals surface area contributed by atoms with E-state index in [4.69, 9.17) is 0 Å². The maximum atomic E-state index is 13.4. The Balaban J connectivity index is 0.00000144. The molecule has 1 unspecified atom stereocenters. The number of benzene rings is 1. The maximum absolute atomic E-state index is 13.4. The van der Waals surface area contributed by atoms with Gasteiger partial charge in [-0.05, 0) is 24.6 Å². The number of hydrogen-bond donors (Lipinski definition) is 1. The fourth-order valence-corrected chi connectivity index (χ4v) is 2.21. The quantitative estimate of drug-likeness (QED) is 0.820. The van der Waals surface area contributed by atoms with Crippen molar-refractivity contribution in [3.8, 4) is 0 Å². The largest absolute Gasteiger partial charge is 0.307 e. The number of piperidine rings is 1. The fraction of sp³-hybridized carbons (Fsp3) is 0.500. The van der Waals surface area contributed by atoms with Crippen molar-refractivity contribution in [2.45, 2.75) is 31.2 Å². The highest BCUT2D eigenvalue weighted by atomic mass is 35.5. The molecule has 0 aliphatic carbocycles. The summed E-state index contributed by atoms with van der Waals surface area (Å²) in [7, 11) is 0. The van der Waals surface area contributed by atoms with Crippen molar-refractivity contribution >= 4 is 12.4 Å². The second kappa shape index (κ2) is 4.86. The van der Waals surface area contributed by atoms with E-state index in [2.05, 4.69) is 5.32 Å². The van der Waals surface area contributed by atoms with Gasteiger partial charge >= 0.3 is 0 Å². The molecule has 1 N–H and O–H groups in total. The molecule has 0 bridgehead atoms. The molecule has 1 atom stereocenters. The van der Waals surface area contributed by atoms with Crippen LogP contribution in [0.5, 0.6) is 0 Å². The highest BCUT2D eigenvalue weighted by Gasteiger charge is 2.43. The van der Waals surface area contributed by atoms with Crippen LogP contribution in [0.4, 0.5) is 13.2 Å². The Hall–Kier alpha value is -0.740. The highest BCUT2D eigenvalue weighted by Crippen LogP contribution is 2.38. The predicted octanol–water partition coefficient (Wildman–Crippen LogP) is 3.48. The van der Waals surface area contributed by atoms with E-state index in [0.717, 1.165) is 0 Å². The van der Waals surface area contributed by atoms with Crippen LogP contribution in [0.1, 0.15) is 25.3 Å². The topological polar surface area (TPSA) is 12.0 Å². The normalized spacial score (nSPS) is 27.3. The Morgan fingerprint density at radius 1 is 1.18 bits per heavy atom. The number of alkyl halides is 2. The van der Waals surface area contributed by atoms with Gasteiger partial charge in [-0.15, -0.1) is 12.4 Å². The Morgan fingerprint density at radius 2 is 1.76 bits per heavy atom.